The number of imidazole rings is 1. The van der Waals surface area contributed by atoms with E-state index >= 15 is 0 Å². The number of hydrogen-bond acceptors (Lipinski definition) is 4. The van der Waals surface area contributed by atoms with Crippen molar-refractivity contribution in [1.29, 1.82) is 0 Å². The molecule has 2 aromatic carbocycles. The van der Waals surface area contributed by atoms with Gasteiger partial charge in [-0.3, -0.25) is 18.7 Å². The largest absolute Gasteiger partial charge is 0.451 e. The lowest BCUT2D eigenvalue weighted by Gasteiger charge is -2.14. The van der Waals surface area contributed by atoms with E-state index in [0.29, 0.717) is 22.8 Å². The molecule has 7 nitrogen and oxygen atoms in total. The molecule has 1 heterocycles. The average Bonchev–Trinajstić information content (AvgIpc) is 2.97. The standard InChI is InChI=1S/C21H21Cl2N3O4/c1-3-11-25-16-9-4-5-10-17(16)26(21(25)29)12-18(27)30-13(2)20(28)24-15-8-6-7-14(22)19(15)23/h4-10,13H,3,11-12H2,1-2H3,(H,24,28). The summed E-state index contributed by atoms with van der Waals surface area (Å²) in [6, 6.07) is 12.1. The highest BCUT2D eigenvalue weighted by atomic mass is 35.5. The Morgan fingerprint density at radius 3 is 2.40 bits per heavy atom. The molecule has 0 spiro atoms. The van der Waals surface area contributed by atoms with Crippen LogP contribution in [0.5, 0.6) is 0 Å². The van der Waals surface area contributed by atoms with E-state index in [9.17, 15) is 14.4 Å². The van der Waals surface area contributed by atoms with Crippen molar-refractivity contribution in [1.82, 2.24) is 9.13 Å². The fourth-order valence-corrected chi connectivity index (χ4v) is 3.46. The molecule has 1 N–H and O–H groups in total. The molecule has 0 fully saturated rings. The van der Waals surface area contributed by atoms with Gasteiger partial charge in [0.05, 0.1) is 26.8 Å². The maximum atomic E-state index is 12.8. The minimum Gasteiger partial charge on any atom is -0.451 e. The summed E-state index contributed by atoms with van der Waals surface area (Å²) in [4.78, 5) is 37.6. The Bertz CT molecular complexity index is 1150. The highest BCUT2D eigenvalue weighted by Crippen LogP contribution is 2.29. The number of aryl methyl sites for hydroxylation is 1. The molecule has 1 aromatic heterocycles. The number of nitrogens with zero attached hydrogens (tertiary/aromatic N) is 2. The maximum Gasteiger partial charge on any atom is 0.329 e. The fraction of sp³-hybridized carbons (Fsp3) is 0.286. The Hall–Kier alpha value is -2.77. The number of aromatic nitrogens is 2. The molecular formula is C21H21Cl2N3O4. The van der Waals surface area contributed by atoms with Crippen LogP contribution in [0.15, 0.2) is 47.3 Å². The molecular weight excluding hydrogens is 429 g/mol. The number of ether oxygens (including phenoxy) is 1. The van der Waals surface area contributed by atoms with E-state index in [0.717, 1.165) is 11.9 Å². The Labute approximate surface area is 183 Å². The van der Waals surface area contributed by atoms with Gasteiger partial charge in [-0.05, 0) is 37.6 Å². The lowest BCUT2D eigenvalue weighted by Crippen LogP contribution is -2.33. The van der Waals surface area contributed by atoms with Crippen molar-refractivity contribution in [3.05, 3.63) is 63.0 Å². The Morgan fingerprint density at radius 2 is 1.73 bits per heavy atom. The van der Waals surface area contributed by atoms with Gasteiger partial charge in [0.15, 0.2) is 6.10 Å². The topological polar surface area (TPSA) is 82.3 Å². The molecule has 3 rings (SSSR count). The van der Waals surface area contributed by atoms with Crippen LogP contribution >= 0.6 is 23.2 Å². The van der Waals surface area contributed by atoms with Gasteiger partial charge >= 0.3 is 11.7 Å². The number of benzene rings is 2. The molecule has 158 valence electrons. The van der Waals surface area contributed by atoms with Crippen LogP contribution in [-0.2, 0) is 27.4 Å². The number of para-hydroxylation sites is 2. The summed E-state index contributed by atoms with van der Waals surface area (Å²) in [7, 11) is 0. The first-order chi connectivity index (χ1) is 14.3. The molecule has 3 aromatic rings. The monoisotopic (exact) mass is 449 g/mol. The summed E-state index contributed by atoms with van der Waals surface area (Å²) in [5.74, 6) is -1.26. The van der Waals surface area contributed by atoms with Crippen LogP contribution in [0, 0.1) is 0 Å². The number of nitrogens with one attached hydrogen (secondary N) is 1. The highest BCUT2D eigenvalue weighted by Gasteiger charge is 2.21. The van der Waals surface area contributed by atoms with Gasteiger partial charge in [-0.15, -0.1) is 0 Å². The van der Waals surface area contributed by atoms with Crippen LogP contribution in [0.25, 0.3) is 11.0 Å². The number of esters is 1. The first-order valence-corrected chi connectivity index (χ1v) is 10.2. The summed E-state index contributed by atoms with van der Waals surface area (Å²) in [6.45, 7) is 3.65. The number of anilines is 1. The lowest BCUT2D eigenvalue weighted by atomic mass is 10.3. The smallest absolute Gasteiger partial charge is 0.329 e. The molecule has 9 heteroatoms. The van der Waals surface area contributed by atoms with E-state index in [4.69, 9.17) is 27.9 Å². The van der Waals surface area contributed by atoms with Gasteiger partial charge in [0.2, 0.25) is 0 Å². The van der Waals surface area contributed by atoms with Crippen molar-refractivity contribution >= 4 is 51.8 Å². The SMILES string of the molecule is CCCn1c(=O)n(CC(=O)OC(C)C(=O)Nc2cccc(Cl)c2Cl)c2ccccc21. The second-order valence-electron chi connectivity index (χ2n) is 6.73. The number of rotatable bonds is 7. The molecule has 1 unspecified atom stereocenters. The molecule has 0 aliphatic heterocycles. The van der Waals surface area contributed by atoms with E-state index in [1.54, 1.807) is 34.9 Å². The van der Waals surface area contributed by atoms with Gasteiger partial charge in [-0.1, -0.05) is 48.3 Å². The average molecular weight is 450 g/mol. The molecule has 0 radical (unpaired) electrons. The zero-order valence-corrected chi connectivity index (χ0v) is 18.0. The first kappa shape index (κ1) is 21.9. The van der Waals surface area contributed by atoms with Gasteiger partial charge in [0.1, 0.15) is 6.54 Å². The fourth-order valence-electron chi connectivity index (χ4n) is 3.12. The summed E-state index contributed by atoms with van der Waals surface area (Å²) in [5, 5.41) is 3.07. The van der Waals surface area contributed by atoms with Crippen LogP contribution in [0.1, 0.15) is 20.3 Å². The van der Waals surface area contributed by atoms with Gasteiger partial charge in [-0.2, -0.15) is 0 Å². The van der Waals surface area contributed by atoms with Crippen LogP contribution in [0.3, 0.4) is 0 Å². The third kappa shape index (κ3) is 4.52. The Balaban J connectivity index is 1.72. The summed E-state index contributed by atoms with van der Waals surface area (Å²) in [6.07, 6.45) is -0.311. The quantitative estimate of drug-likeness (QED) is 0.550. The molecule has 0 saturated carbocycles. The van der Waals surface area contributed by atoms with Gasteiger partial charge in [0.25, 0.3) is 5.91 Å². The number of carbonyl (C=O) groups excluding carboxylic acids is 2. The molecule has 30 heavy (non-hydrogen) atoms. The maximum absolute atomic E-state index is 12.8. The number of fused-ring (bicyclic) bond motifs is 1. The highest BCUT2D eigenvalue weighted by molar-refractivity contribution is 6.44. The number of amides is 1. The van der Waals surface area contributed by atoms with Crippen molar-refractivity contribution in [2.45, 2.75) is 39.5 Å². The van der Waals surface area contributed by atoms with Gasteiger partial charge in [0, 0.05) is 6.54 Å². The number of carbonyl (C=O) groups is 2. The van der Waals surface area contributed by atoms with Crippen molar-refractivity contribution in [3.8, 4) is 0 Å². The predicted octanol–water partition coefficient (Wildman–Crippen LogP) is 4.09. The van der Waals surface area contributed by atoms with Gasteiger partial charge in [-0.25, -0.2) is 4.79 Å². The Morgan fingerprint density at radius 1 is 1.07 bits per heavy atom. The molecule has 0 bridgehead atoms. The molecule has 0 aliphatic rings. The third-order valence-electron chi connectivity index (χ3n) is 4.55. The zero-order chi connectivity index (χ0) is 21.8. The second-order valence-corrected chi connectivity index (χ2v) is 7.52. The minimum absolute atomic E-state index is 0.196. The number of hydrogen-bond donors (Lipinski definition) is 1. The summed E-state index contributed by atoms with van der Waals surface area (Å²) < 4.78 is 8.21. The van der Waals surface area contributed by atoms with Crippen LogP contribution in [-0.4, -0.2) is 27.1 Å². The van der Waals surface area contributed by atoms with E-state index in [1.807, 2.05) is 19.1 Å². The van der Waals surface area contributed by atoms with E-state index in [1.165, 1.54) is 11.5 Å². The summed E-state index contributed by atoms with van der Waals surface area (Å²) in [5.41, 5.74) is 1.41. The van der Waals surface area contributed by atoms with Gasteiger partial charge < -0.3 is 10.1 Å². The van der Waals surface area contributed by atoms with E-state index < -0.39 is 18.0 Å². The molecule has 1 atom stereocenters. The van der Waals surface area contributed by atoms with Crippen molar-refractivity contribution in [3.63, 3.8) is 0 Å². The minimum atomic E-state index is -1.09. The van der Waals surface area contributed by atoms with E-state index in [2.05, 4.69) is 5.32 Å². The first-order valence-electron chi connectivity index (χ1n) is 9.46. The van der Waals surface area contributed by atoms with Crippen LogP contribution in [0.2, 0.25) is 10.0 Å². The van der Waals surface area contributed by atoms with Crippen LogP contribution in [0.4, 0.5) is 5.69 Å². The second kappa shape index (κ2) is 9.36. The molecule has 0 aliphatic carbocycles. The zero-order valence-electron chi connectivity index (χ0n) is 16.5. The van der Waals surface area contributed by atoms with Crippen molar-refractivity contribution in [2.24, 2.45) is 0 Å². The number of halogens is 2. The summed E-state index contributed by atoms with van der Waals surface area (Å²) >= 11 is 12.0. The Kier molecular flexibility index (Phi) is 6.84. The third-order valence-corrected chi connectivity index (χ3v) is 5.37. The van der Waals surface area contributed by atoms with Crippen LogP contribution < -0.4 is 11.0 Å². The lowest BCUT2D eigenvalue weighted by molar-refractivity contribution is -0.153. The molecule has 1 amide bonds. The normalized spacial score (nSPS) is 12.0. The predicted molar refractivity (Wildman–Crippen MR) is 117 cm³/mol. The molecule has 0 saturated heterocycles. The van der Waals surface area contributed by atoms with E-state index in [-0.39, 0.29) is 17.3 Å². The van der Waals surface area contributed by atoms with Crippen molar-refractivity contribution in [2.75, 3.05) is 5.32 Å². The van der Waals surface area contributed by atoms with Crippen molar-refractivity contribution < 1.29 is 14.3 Å².